The van der Waals surface area contributed by atoms with Gasteiger partial charge in [0.1, 0.15) is 5.75 Å². The number of aliphatic imine (C=N–C) groups is 1. The summed E-state index contributed by atoms with van der Waals surface area (Å²) in [4.78, 5) is 6.44. The molecule has 1 aromatic carbocycles. The van der Waals surface area contributed by atoms with E-state index >= 15 is 0 Å². The summed E-state index contributed by atoms with van der Waals surface area (Å²) in [5.74, 6) is 3.46. The summed E-state index contributed by atoms with van der Waals surface area (Å²) in [5, 5.41) is 0. The Labute approximate surface area is 140 Å². The van der Waals surface area contributed by atoms with Crippen LogP contribution in [0.4, 0.5) is 0 Å². The van der Waals surface area contributed by atoms with Crippen molar-refractivity contribution in [2.45, 2.75) is 13.8 Å². The van der Waals surface area contributed by atoms with Gasteiger partial charge in [-0.05, 0) is 32.0 Å². The Morgan fingerprint density at radius 1 is 1.33 bits per heavy atom. The number of rotatable bonds is 9. The molecule has 0 atom stereocenters. The fraction of sp³-hybridized carbons (Fsp3) is 0.533. The molecule has 0 spiro atoms. The first-order chi connectivity index (χ1) is 10.2. The maximum absolute atomic E-state index is 5.91. The highest BCUT2D eigenvalue weighted by Crippen LogP contribution is 2.17. The van der Waals surface area contributed by atoms with Crippen molar-refractivity contribution in [3.05, 3.63) is 28.7 Å². The van der Waals surface area contributed by atoms with Gasteiger partial charge in [-0.3, -0.25) is 4.99 Å². The van der Waals surface area contributed by atoms with Crippen molar-refractivity contribution in [2.24, 2.45) is 10.7 Å². The molecule has 1 aromatic rings. The Kier molecular flexibility index (Phi) is 9.34. The van der Waals surface area contributed by atoms with Crippen LogP contribution >= 0.6 is 27.7 Å². The minimum absolute atomic E-state index is 0.644. The van der Waals surface area contributed by atoms with Crippen LogP contribution in [-0.4, -0.2) is 48.6 Å². The van der Waals surface area contributed by atoms with Gasteiger partial charge in [-0.25, -0.2) is 0 Å². The maximum atomic E-state index is 5.91. The van der Waals surface area contributed by atoms with E-state index in [0.29, 0.717) is 12.6 Å². The second-order valence-electron chi connectivity index (χ2n) is 4.33. The van der Waals surface area contributed by atoms with E-state index in [-0.39, 0.29) is 0 Å². The second-order valence-corrected chi connectivity index (χ2v) is 6.47. The molecule has 0 aliphatic heterocycles. The number of benzene rings is 1. The molecule has 0 saturated carbocycles. The lowest BCUT2D eigenvalue weighted by molar-refractivity contribution is 0.344. The zero-order valence-corrected chi connectivity index (χ0v) is 15.1. The predicted octanol–water partition coefficient (Wildman–Crippen LogP) is 3.22. The molecule has 0 bridgehead atoms. The molecule has 0 aliphatic rings. The second kappa shape index (κ2) is 10.8. The third kappa shape index (κ3) is 7.62. The molecule has 1 rings (SSSR count). The van der Waals surface area contributed by atoms with Gasteiger partial charge < -0.3 is 15.4 Å². The summed E-state index contributed by atoms with van der Waals surface area (Å²) in [7, 11) is 0. The Balaban J connectivity index is 2.11. The lowest BCUT2D eigenvalue weighted by Gasteiger charge is -2.19. The molecule has 0 amide bonds. The maximum Gasteiger partial charge on any atom is 0.191 e. The van der Waals surface area contributed by atoms with E-state index in [1.54, 1.807) is 0 Å². The SMILES string of the molecule is CCN(CC)C(N)=NCCSCCOc1cccc(Br)c1. The largest absolute Gasteiger partial charge is 0.493 e. The number of thioether (sulfide) groups is 1. The molecule has 0 unspecified atom stereocenters. The van der Waals surface area contributed by atoms with Crippen LogP contribution in [-0.2, 0) is 0 Å². The molecule has 0 saturated heterocycles. The van der Waals surface area contributed by atoms with E-state index in [1.807, 2.05) is 36.0 Å². The summed E-state index contributed by atoms with van der Waals surface area (Å²) in [6.45, 7) is 7.43. The first-order valence-corrected chi connectivity index (χ1v) is 9.13. The number of nitrogens with two attached hydrogens (primary N) is 1. The van der Waals surface area contributed by atoms with Gasteiger partial charge in [-0.15, -0.1) is 0 Å². The number of hydrogen-bond donors (Lipinski definition) is 1. The topological polar surface area (TPSA) is 50.8 Å². The monoisotopic (exact) mass is 373 g/mol. The molecule has 2 N–H and O–H groups in total. The number of ether oxygens (including phenoxy) is 1. The number of guanidine groups is 1. The summed E-state index contributed by atoms with van der Waals surface area (Å²) >= 11 is 5.25. The average molecular weight is 374 g/mol. The van der Waals surface area contributed by atoms with Gasteiger partial charge in [0.15, 0.2) is 5.96 Å². The number of nitrogens with zero attached hydrogens (tertiary/aromatic N) is 2. The lowest BCUT2D eigenvalue weighted by atomic mass is 10.3. The fourth-order valence-corrected chi connectivity index (χ4v) is 2.75. The van der Waals surface area contributed by atoms with Crippen molar-refractivity contribution < 1.29 is 4.74 Å². The van der Waals surface area contributed by atoms with Crippen molar-refractivity contribution in [1.29, 1.82) is 0 Å². The zero-order valence-electron chi connectivity index (χ0n) is 12.7. The Morgan fingerprint density at radius 2 is 2.10 bits per heavy atom. The van der Waals surface area contributed by atoms with Gasteiger partial charge in [0.2, 0.25) is 0 Å². The van der Waals surface area contributed by atoms with Gasteiger partial charge in [-0.2, -0.15) is 11.8 Å². The minimum Gasteiger partial charge on any atom is -0.493 e. The van der Waals surface area contributed by atoms with Crippen LogP contribution in [0.1, 0.15) is 13.8 Å². The van der Waals surface area contributed by atoms with Crippen molar-refractivity contribution >= 4 is 33.7 Å². The highest BCUT2D eigenvalue weighted by atomic mass is 79.9. The standard InChI is InChI=1S/C15H24BrN3OS/c1-3-19(4-2)15(17)18-8-10-21-11-9-20-14-7-5-6-13(16)12-14/h5-7,12H,3-4,8-11H2,1-2H3,(H2,17,18). The smallest absolute Gasteiger partial charge is 0.191 e. The van der Waals surface area contributed by atoms with E-state index < -0.39 is 0 Å². The molecule has 0 radical (unpaired) electrons. The molecular formula is C15H24BrN3OS. The first kappa shape index (κ1) is 18.2. The minimum atomic E-state index is 0.644. The summed E-state index contributed by atoms with van der Waals surface area (Å²) in [5.41, 5.74) is 5.91. The van der Waals surface area contributed by atoms with Gasteiger partial charge in [0, 0.05) is 29.1 Å². The van der Waals surface area contributed by atoms with Gasteiger partial charge in [-0.1, -0.05) is 22.0 Å². The molecule has 0 aliphatic carbocycles. The number of halogens is 1. The van der Waals surface area contributed by atoms with Crippen molar-refractivity contribution in [2.75, 3.05) is 37.7 Å². The van der Waals surface area contributed by atoms with Crippen molar-refractivity contribution in [3.63, 3.8) is 0 Å². The third-order valence-corrected chi connectivity index (χ3v) is 4.31. The quantitative estimate of drug-likeness (QED) is 0.410. The van der Waals surface area contributed by atoms with Crippen molar-refractivity contribution in [1.82, 2.24) is 4.90 Å². The van der Waals surface area contributed by atoms with Crippen LogP contribution < -0.4 is 10.5 Å². The van der Waals surface area contributed by atoms with E-state index in [4.69, 9.17) is 10.5 Å². The van der Waals surface area contributed by atoms with Crippen LogP contribution in [0.3, 0.4) is 0 Å². The Morgan fingerprint density at radius 3 is 2.76 bits per heavy atom. The van der Waals surface area contributed by atoms with E-state index in [2.05, 4.69) is 39.7 Å². The summed E-state index contributed by atoms with van der Waals surface area (Å²) in [6.07, 6.45) is 0. The van der Waals surface area contributed by atoms with Crippen molar-refractivity contribution in [3.8, 4) is 5.75 Å². The zero-order chi connectivity index (χ0) is 15.5. The molecule has 0 fully saturated rings. The van der Waals surface area contributed by atoms with Gasteiger partial charge in [0.05, 0.1) is 13.2 Å². The normalized spacial score (nSPS) is 11.5. The molecular weight excluding hydrogens is 350 g/mol. The molecule has 0 aromatic heterocycles. The average Bonchev–Trinajstić information content (AvgIpc) is 2.47. The van der Waals surface area contributed by atoms with Crippen LogP contribution in [0, 0.1) is 0 Å². The predicted molar refractivity (Wildman–Crippen MR) is 96.4 cm³/mol. The van der Waals surface area contributed by atoms with Crippen LogP contribution in [0.25, 0.3) is 0 Å². The fourth-order valence-electron chi connectivity index (χ4n) is 1.75. The highest BCUT2D eigenvalue weighted by molar-refractivity contribution is 9.10. The summed E-state index contributed by atoms with van der Waals surface area (Å²) < 4.78 is 6.70. The molecule has 0 heterocycles. The number of hydrogen-bond acceptors (Lipinski definition) is 3. The Bertz CT molecular complexity index is 439. The lowest BCUT2D eigenvalue weighted by Crippen LogP contribution is -2.37. The van der Waals surface area contributed by atoms with Gasteiger partial charge >= 0.3 is 0 Å². The molecule has 4 nitrogen and oxygen atoms in total. The summed E-state index contributed by atoms with van der Waals surface area (Å²) in [6, 6.07) is 7.89. The Hall–Kier alpha value is -0.880. The third-order valence-electron chi connectivity index (χ3n) is 2.89. The van der Waals surface area contributed by atoms with Crippen LogP contribution in [0.15, 0.2) is 33.7 Å². The first-order valence-electron chi connectivity index (χ1n) is 7.18. The van der Waals surface area contributed by atoms with E-state index in [9.17, 15) is 0 Å². The van der Waals surface area contributed by atoms with Crippen LogP contribution in [0.2, 0.25) is 0 Å². The molecule has 118 valence electrons. The molecule has 21 heavy (non-hydrogen) atoms. The van der Waals surface area contributed by atoms with Gasteiger partial charge in [0.25, 0.3) is 0 Å². The molecule has 6 heteroatoms. The van der Waals surface area contributed by atoms with Crippen LogP contribution in [0.5, 0.6) is 5.75 Å². The van der Waals surface area contributed by atoms with E-state index in [0.717, 1.165) is 41.4 Å². The van der Waals surface area contributed by atoms with E-state index in [1.165, 1.54) is 0 Å². The highest BCUT2D eigenvalue weighted by Gasteiger charge is 2.01.